The van der Waals surface area contributed by atoms with Crippen LogP contribution in [0.25, 0.3) is 0 Å². The van der Waals surface area contributed by atoms with Crippen molar-refractivity contribution in [2.24, 2.45) is 5.16 Å². The van der Waals surface area contributed by atoms with Crippen LogP contribution in [-0.4, -0.2) is 29.9 Å². The van der Waals surface area contributed by atoms with E-state index in [-0.39, 0.29) is 18.1 Å². The molecular formula is C9H17NO3. The molecule has 0 heterocycles. The average molecular weight is 187 g/mol. The molecule has 4 nitrogen and oxygen atoms in total. The minimum atomic E-state index is -0.252. The quantitative estimate of drug-likeness (QED) is 0.285. The summed E-state index contributed by atoms with van der Waals surface area (Å²) in [5.41, 5.74) is 0.0801. The number of hydrogen-bond donors (Lipinski definition) is 1. The Morgan fingerprint density at radius 2 is 2.15 bits per heavy atom. The van der Waals surface area contributed by atoms with Gasteiger partial charge in [-0.3, -0.25) is 4.79 Å². The lowest BCUT2D eigenvalue weighted by Crippen LogP contribution is -2.17. The second-order valence-corrected chi connectivity index (χ2v) is 2.86. The smallest absolute Gasteiger partial charge is 0.179 e. The number of carbonyl (C=O) groups is 1. The lowest BCUT2D eigenvalue weighted by atomic mass is 10.2. The van der Waals surface area contributed by atoms with Gasteiger partial charge in [0.25, 0.3) is 0 Å². The van der Waals surface area contributed by atoms with Gasteiger partial charge in [0.2, 0.25) is 0 Å². The van der Waals surface area contributed by atoms with E-state index in [1.54, 1.807) is 0 Å². The number of rotatable bonds is 7. The molecule has 4 heteroatoms. The monoisotopic (exact) mass is 187 g/mol. The minimum absolute atomic E-state index is 0.0801. The van der Waals surface area contributed by atoms with Gasteiger partial charge in [-0.15, -0.1) is 0 Å². The summed E-state index contributed by atoms with van der Waals surface area (Å²) in [5.74, 6) is -0.252. The van der Waals surface area contributed by atoms with E-state index in [0.717, 1.165) is 19.3 Å². The Hall–Kier alpha value is -0.900. The molecule has 13 heavy (non-hydrogen) atoms. The molecule has 0 unspecified atom stereocenters. The van der Waals surface area contributed by atoms with Crippen LogP contribution in [0.1, 0.15) is 33.1 Å². The van der Waals surface area contributed by atoms with Crippen LogP contribution in [0.4, 0.5) is 0 Å². The van der Waals surface area contributed by atoms with Gasteiger partial charge in [-0.25, -0.2) is 0 Å². The average Bonchev–Trinajstić information content (AvgIpc) is 2.10. The fraction of sp³-hybridized carbons (Fsp3) is 0.778. The van der Waals surface area contributed by atoms with Crippen molar-refractivity contribution in [3.8, 4) is 0 Å². The van der Waals surface area contributed by atoms with Gasteiger partial charge in [0.1, 0.15) is 5.71 Å². The molecule has 0 saturated carbocycles. The summed E-state index contributed by atoms with van der Waals surface area (Å²) in [5, 5.41) is 11.2. The van der Waals surface area contributed by atoms with E-state index in [1.807, 2.05) is 0 Å². The first-order valence-electron chi connectivity index (χ1n) is 4.52. The molecule has 0 aliphatic heterocycles. The van der Waals surface area contributed by atoms with Crippen molar-refractivity contribution >= 4 is 11.5 Å². The topological polar surface area (TPSA) is 58.9 Å². The summed E-state index contributed by atoms with van der Waals surface area (Å²) in [7, 11) is 0. The van der Waals surface area contributed by atoms with Crippen molar-refractivity contribution in [3.05, 3.63) is 0 Å². The van der Waals surface area contributed by atoms with E-state index in [4.69, 9.17) is 9.94 Å². The normalized spacial score (nSPS) is 11.7. The van der Waals surface area contributed by atoms with E-state index in [0.29, 0.717) is 6.61 Å². The lowest BCUT2D eigenvalue weighted by molar-refractivity contribution is -0.111. The van der Waals surface area contributed by atoms with Gasteiger partial charge in [0.15, 0.2) is 5.78 Å². The Morgan fingerprint density at radius 1 is 1.46 bits per heavy atom. The third-order valence-electron chi connectivity index (χ3n) is 1.66. The van der Waals surface area contributed by atoms with Gasteiger partial charge in [-0.05, 0) is 6.42 Å². The standard InChI is InChI=1S/C9H17NO3/c1-3-4-5-6-13-7-9(10-12)8(2)11/h12H,3-7H2,1-2H3/b10-9+. The predicted molar refractivity (Wildman–Crippen MR) is 50.2 cm³/mol. The largest absolute Gasteiger partial charge is 0.410 e. The van der Waals surface area contributed by atoms with Crippen LogP contribution in [0, 0.1) is 0 Å². The summed E-state index contributed by atoms with van der Waals surface area (Å²) < 4.78 is 5.14. The van der Waals surface area contributed by atoms with Gasteiger partial charge >= 0.3 is 0 Å². The molecule has 0 fully saturated rings. The summed E-state index contributed by atoms with van der Waals surface area (Å²) in [6.45, 7) is 4.18. The van der Waals surface area contributed by atoms with Gasteiger partial charge in [0.05, 0.1) is 6.61 Å². The van der Waals surface area contributed by atoms with E-state index in [1.165, 1.54) is 6.92 Å². The maximum Gasteiger partial charge on any atom is 0.179 e. The van der Waals surface area contributed by atoms with Gasteiger partial charge in [0, 0.05) is 13.5 Å². The number of unbranched alkanes of at least 4 members (excludes halogenated alkanes) is 2. The maximum atomic E-state index is 10.7. The highest BCUT2D eigenvalue weighted by molar-refractivity contribution is 6.39. The number of Topliss-reactive ketones (excluding diaryl/α,β-unsaturated/α-hetero) is 1. The molecule has 0 radical (unpaired) electrons. The van der Waals surface area contributed by atoms with Crippen molar-refractivity contribution in [2.75, 3.05) is 13.2 Å². The van der Waals surface area contributed by atoms with Gasteiger partial charge in [-0.1, -0.05) is 24.9 Å². The zero-order chi connectivity index (χ0) is 10.1. The lowest BCUT2D eigenvalue weighted by Gasteiger charge is -2.02. The Morgan fingerprint density at radius 3 is 2.62 bits per heavy atom. The van der Waals surface area contributed by atoms with E-state index in [2.05, 4.69) is 12.1 Å². The van der Waals surface area contributed by atoms with Crippen molar-refractivity contribution in [2.45, 2.75) is 33.1 Å². The molecule has 0 aromatic carbocycles. The minimum Gasteiger partial charge on any atom is -0.410 e. The molecule has 0 aromatic rings. The molecule has 0 saturated heterocycles. The summed E-state index contributed by atoms with van der Waals surface area (Å²) in [4.78, 5) is 10.7. The highest BCUT2D eigenvalue weighted by atomic mass is 16.5. The fourth-order valence-corrected chi connectivity index (χ4v) is 0.824. The number of carbonyl (C=O) groups excluding carboxylic acids is 1. The first-order chi connectivity index (χ1) is 6.22. The summed E-state index contributed by atoms with van der Waals surface area (Å²) >= 11 is 0. The van der Waals surface area contributed by atoms with Crippen LogP contribution in [0.2, 0.25) is 0 Å². The number of ether oxygens (including phenoxy) is 1. The van der Waals surface area contributed by atoms with E-state index in [9.17, 15) is 4.79 Å². The molecule has 0 rings (SSSR count). The first kappa shape index (κ1) is 12.1. The molecule has 76 valence electrons. The van der Waals surface area contributed by atoms with Crippen LogP contribution in [-0.2, 0) is 9.53 Å². The molecule has 0 aromatic heterocycles. The van der Waals surface area contributed by atoms with Crippen LogP contribution in [0.3, 0.4) is 0 Å². The molecular weight excluding hydrogens is 170 g/mol. The number of hydrogen-bond acceptors (Lipinski definition) is 4. The summed E-state index contributed by atoms with van der Waals surface area (Å²) in [6.07, 6.45) is 3.23. The highest BCUT2D eigenvalue weighted by Gasteiger charge is 2.05. The van der Waals surface area contributed by atoms with Gasteiger partial charge in [-0.2, -0.15) is 0 Å². The van der Waals surface area contributed by atoms with E-state index < -0.39 is 0 Å². The van der Waals surface area contributed by atoms with Crippen LogP contribution in [0.5, 0.6) is 0 Å². The second-order valence-electron chi connectivity index (χ2n) is 2.86. The molecule has 0 aliphatic rings. The summed E-state index contributed by atoms with van der Waals surface area (Å²) in [6, 6.07) is 0. The highest BCUT2D eigenvalue weighted by Crippen LogP contribution is 1.94. The third-order valence-corrected chi connectivity index (χ3v) is 1.66. The van der Waals surface area contributed by atoms with E-state index >= 15 is 0 Å². The predicted octanol–water partition coefficient (Wildman–Crippen LogP) is 1.61. The molecule has 0 atom stereocenters. The Bertz CT molecular complexity index is 178. The number of ketones is 1. The zero-order valence-corrected chi connectivity index (χ0v) is 8.25. The third kappa shape index (κ3) is 6.28. The molecule has 0 spiro atoms. The van der Waals surface area contributed by atoms with Crippen molar-refractivity contribution in [1.29, 1.82) is 0 Å². The van der Waals surface area contributed by atoms with Crippen molar-refractivity contribution < 1.29 is 14.7 Å². The SMILES string of the molecule is CCCCCOC/C(=N\O)C(C)=O. The Kier molecular flexibility index (Phi) is 7.20. The molecule has 0 aliphatic carbocycles. The van der Waals surface area contributed by atoms with Crippen molar-refractivity contribution in [3.63, 3.8) is 0 Å². The van der Waals surface area contributed by atoms with Crippen LogP contribution in [0.15, 0.2) is 5.16 Å². The molecule has 1 N–H and O–H groups in total. The molecule has 0 bridgehead atoms. The Balaban J connectivity index is 3.46. The second kappa shape index (κ2) is 7.73. The fourth-order valence-electron chi connectivity index (χ4n) is 0.824. The van der Waals surface area contributed by atoms with Crippen molar-refractivity contribution in [1.82, 2.24) is 0 Å². The van der Waals surface area contributed by atoms with Crippen LogP contribution < -0.4 is 0 Å². The van der Waals surface area contributed by atoms with Gasteiger partial charge < -0.3 is 9.94 Å². The maximum absolute atomic E-state index is 10.7. The number of oxime groups is 1. The Labute approximate surface area is 78.6 Å². The number of nitrogens with zero attached hydrogens (tertiary/aromatic N) is 1. The van der Waals surface area contributed by atoms with Crippen LogP contribution >= 0.6 is 0 Å². The first-order valence-corrected chi connectivity index (χ1v) is 4.52. The zero-order valence-electron chi connectivity index (χ0n) is 8.25. The molecule has 0 amide bonds.